The van der Waals surface area contributed by atoms with Crippen molar-refractivity contribution in [2.75, 3.05) is 38.6 Å². The first-order chi connectivity index (χ1) is 14.6. The maximum absolute atomic E-state index is 13.9. The van der Waals surface area contributed by atoms with E-state index in [0.717, 1.165) is 29.9 Å². The van der Waals surface area contributed by atoms with E-state index in [1.165, 1.54) is 24.5 Å². The minimum Gasteiger partial charge on any atom is -0.494 e. The lowest BCUT2D eigenvalue weighted by Gasteiger charge is -2.34. The second kappa shape index (κ2) is 9.19. The molecule has 3 heterocycles. The first-order valence-electron chi connectivity index (χ1n) is 9.59. The van der Waals surface area contributed by atoms with Crippen molar-refractivity contribution in [3.8, 4) is 17.0 Å². The highest BCUT2D eigenvalue weighted by Crippen LogP contribution is 2.24. The molecular weight excluding hydrogens is 405 g/mol. The number of anilines is 1. The lowest BCUT2D eigenvalue weighted by atomic mass is 10.2. The highest BCUT2D eigenvalue weighted by Gasteiger charge is 2.22. The second-order valence-electron chi connectivity index (χ2n) is 6.94. The lowest BCUT2D eigenvalue weighted by Crippen LogP contribution is -2.49. The molecular formula is C21H22FN5O2S. The number of pyridine rings is 1. The van der Waals surface area contributed by atoms with Gasteiger partial charge in [-0.3, -0.25) is 15.2 Å². The van der Waals surface area contributed by atoms with Gasteiger partial charge in [-0.15, -0.1) is 11.3 Å². The van der Waals surface area contributed by atoms with Crippen molar-refractivity contribution in [2.45, 2.75) is 6.54 Å². The Morgan fingerprint density at radius 1 is 1.27 bits per heavy atom. The molecule has 2 amide bonds. The summed E-state index contributed by atoms with van der Waals surface area (Å²) in [5.41, 5.74) is 2.59. The Hall–Kier alpha value is -3.04. The third kappa shape index (κ3) is 4.74. The van der Waals surface area contributed by atoms with Crippen molar-refractivity contribution in [1.29, 1.82) is 0 Å². The molecule has 0 saturated carbocycles. The molecule has 1 aromatic carbocycles. The molecule has 3 aromatic rings. The number of carbonyl (C=O) groups is 1. The van der Waals surface area contributed by atoms with Crippen LogP contribution in [0, 0.1) is 5.82 Å². The summed E-state index contributed by atoms with van der Waals surface area (Å²) in [7, 11) is 1.45. The number of urea groups is 1. The number of hydrogen-bond acceptors (Lipinski definition) is 6. The molecule has 156 valence electrons. The predicted octanol–water partition coefficient (Wildman–Crippen LogP) is 3.70. The predicted molar refractivity (Wildman–Crippen MR) is 114 cm³/mol. The Morgan fingerprint density at radius 2 is 2.10 bits per heavy atom. The van der Waals surface area contributed by atoms with Gasteiger partial charge >= 0.3 is 6.03 Å². The molecule has 9 heteroatoms. The van der Waals surface area contributed by atoms with Crippen LogP contribution < -0.4 is 10.1 Å². The Morgan fingerprint density at radius 3 is 2.80 bits per heavy atom. The molecule has 1 saturated heterocycles. The summed E-state index contributed by atoms with van der Waals surface area (Å²) in [4.78, 5) is 25.1. The van der Waals surface area contributed by atoms with E-state index in [2.05, 4.69) is 20.2 Å². The monoisotopic (exact) mass is 427 g/mol. The van der Waals surface area contributed by atoms with E-state index in [-0.39, 0.29) is 17.6 Å². The fourth-order valence-electron chi connectivity index (χ4n) is 3.32. The third-order valence-corrected chi connectivity index (χ3v) is 5.71. The fraction of sp³-hybridized carbons (Fsp3) is 0.286. The van der Waals surface area contributed by atoms with Crippen LogP contribution in [0.25, 0.3) is 11.3 Å². The molecule has 0 unspecified atom stereocenters. The van der Waals surface area contributed by atoms with Gasteiger partial charge in [-0.05, 0) is 29.8 Å². The molecule has 1 aliphatic heterocycles. The average molecular weight is 428 g/mol. The van der Waals surface area contributed by atoms with Crippen molar-refractivity contribution in [3.63, 3.8) is 0 Å². The molecule has 7 nitrogen and oxygen atoms in total. The van der Waals surface area contributed by atoms with Crippen LogP contribution in [0.4, 0.5) is 14.3 Å². The summed E-state index contributed by atoms with van der Waals surface area (Å²) >= 11 is 1.39. The molecule has 0 spiro atoms. The van der Waals surface area contributed by atoms with Gasteiger partial charge in [-0.2, -0.15) is 0 Å². The normalized spacial score (nSPS) is 14.5. The van der Waals surface area contributed by atoms with Crippen LogP contribution in [0.5, 0.6) is 5.75 Å². The summed E-state index contributed by atoms with van der Waals surface area (Å²) in [6.45, 7) is 3.29. The largest absolute Gasteiger partial charge is 0.494 e. The van der Waals surface area contributed by atoms with Gasteiger partial charge in [-0.25, -0.2) is 14.2 Å². The van der Waals surface area contributed by atoms with Crippen molar-refractivity contribution in [2.24, 2.45) is 0 Å². The standard InChI is InChI=1S/C21H22FN5O2S/c1-29-19-5-4-15(11-17(19)22)13-26-7-9-27(10-8-26)21(28)25-20-24-18(14-30-20)16-3-2-6-23-12-16/h2-6,11-12,14H,7-10,13H2,1H3,(H,24,25,28). The number of methoxy groups -OCH3 is 1. The summed E-state index contributed by atoms with van der Waals surface area (Å²) in [5, 5.41) is 5.34. The average Bonchev–Trinajstić information content (AvgIpc) is 3.23. The number of rotatable bonds is 5. The first kappa shape index (κ1) is 20.2. The van der Waals surface area contributed by atoms with E-state index in [4.69, 9.17) is 4.74 Å². The number of aromatic nitrogens is 2. The van der Waals surface area contributed by atoms with Gasteiger partial charge in [-0.1, -0.05) is 6.07 Å². The Balaban J connectivity index is 1.28. The van der Waals surface area contributed by atoms with Gasteiger partial charge in [0.05, 0.1) is 12.8 Å². The smallest absolute Gasteiger partial charge is 0.323 e. The Kier molecular flexibility index (Phi) is 6.20. The van der Waals surface area contributed by atoms with E-state index in [9.17, 15) is 9.18 Å². The van der Waals surface area contributed by atoms with E-state index >= 15 is 0 Å². The summed E-state index contributed by atoms with van der Waals surface area (Å²) in [6, 6.07) is 8.64. The van der Waals surface area contributed by atoms with Gasteiger partial charge < -0.3 is 9.64 Å². The number of nitrogens with zero attached hydrogens (tertiary/aromatic N) is 4. The zero-order chi connectivity index (χ0) is 20.9. The molecule has 0 bridgehead atoms. The summed E-state index contributed by atoms with van der Waals surface area (Å²) in [6.07, 6.45) is 3.46. The summed E-state index contributed by atoms with van der Waals surface area (Å²) < 4.78 is 18.8. The lowest BCUT2D eigenvalue weighted by molar-refractivity contribution is 0.143. The third-order valence-electron chi connectivity index (χ3n) is 4.96. The van der Waals surface area contributed by atoms with Crippen LogP contribution >= 0.6 is 11.3 Å². The molecule has 0 radical (unpaired) electrons. The quantitative estimate of drug-likeness (QED) is 0.672. The van der Waals surface area contributed by atoms with E-state index in [1.807, 2.05) is 23.6 Å². The topological polar surface area (TPSA) is 70.6 Å². The maximum atomic E-state index is 13.9. The minimum absolute atomic E-state index is 0.155. The van der Waals surface area contributed by atoms with Crippen molar-refractivity contribution in [1.82, 2.24) is 19.8 Å². The zero-order valence-corrected chi connectivity index (χ0v) is 17.4. The molecule has 30 heavy (non-hydrogen) atoms. The van der Waals surface area contributed by atoms with Crippen LogP contribution in [0.3, 0.4) is 0 Å². The number of piperazine rings is 1. The van der Waals surface area contributed by atoms with Gasteiger partial charge in [0, 0.05) is 56.1 Å². The highest BCUT2D eigenvalue weighted by atomic mass is 32.1. The van der Waals surface area contributed by atoms with Crippen molar-refractivity contribution >= 4 is 22.5 Å². The number of ether oxygens (including phenoxy) is 1. The van der Waals surface area contributed by atoms with E-state index in [1.54, 1.807) is 23.4 Å². The van der Waals surface area contributed by atoms with E-state index in [0.29, 0.717) is 24.8 Å². The molecule has 1 N–H and O–H groups in total. The number of carbonyl (C=O) groups excluding carboxylic acids is 1. The number of hydrogen-bond donors (Lipinski definition) is 1. The molecule has 4 rings (SSSR count). The second-order valence-corrected chi connectivity index (χ2v) is 7.80. The maximum Gasteiger partial charge on any atom is 0.323 e. The van der Waals surface area contributed by atoms with Crippen LogP contribution in [-0.2, 0) is 6.54 Å². The SMILES string of the molecule is COc1ccc(CN2CCN(C(=O)Nc3nc(-c4cccnc4)cs3)CC2)cc1F. The van der Waals surface area contributed by atoms with Crippen LogP contribution in [0.15, 0.2) is 48.1 Å². The van der Waals surface area contributed by atoms with Gasteiger partial charge in [0.25, 0.3) is 0 Å². The number of halogens is 1. The van der Waals surface area contributed by atoms with Crippen molar-refractivity contribution < 1.29 is 13.9 Å². The first-order valence-corrected chi connectivity index (χ1v) is 10.5. The molecule has 2 aromatic heterocycles. The van der Waals surface area contributed by atoms with Crippen LogP contribution in [0.1, 0.15) is 5.56 Å². The van der Waals surface area contributed by atoms with Gasteiger partial charge in [0.15, 0.2) is 16.7 Å². The highest BCUT2D eigenvalue weighted by molar-refractivity contribution is 7.14. The van der Waals surface area contributed by atoms with E-state index < -0.39 is 0 Å². The molecule has 1 aliphatic rings. The van der Waals surface area contributed by atoms with Crippen molar-refractivity contribution in [3.05, 3.63) is 59.5 Å². The van der Waals surface area contributed by atoms with Crippen LogP contribution in [0.2, 0.25) is 0 Å². The van der Waals surface area contributed by atoms with Gasteiger partial charge in [0.1, 0.15) is 0 Å². The number of thiazole rings is 1. The van der Waals surface area contributed by atoms with Gasteiger partial charge in [0.2, 0.25) is 0 Å². The van der Waals surface area contributed by atoms with Crippen LogP contribution in [-0.4, -0.2) is 59.1 Å². The minimum atomic E-state index is -0.359. The number of nitrogens with one attached hydrogen (secondary N) is 1. The Bertz CT molecular complexity index is 1010. The Labute approximate surface area is 178 Å². The molecule has 0 atom stereocenters. The molecule has 1 fully saturated rings. The molecule has 0 aliphatic carbocycles. The number of benzene rings is 1. The zero-order valence-electron chi connectivity index (χ0n) is 16.5. The summed E-state index contributed by atoms with van der Waals surface area (Å²) in [5.74, 6) is -0.115. The number of amides is 2. The fourth-order valence-corrected chi connectivity index (χ4v) is 4.03.